The maximum absolute atomic E-state index is 14.7. The van der Waals surface area contributed by atoms with Crippen molar-refractivity contribution in [3.05, 3.63) is 84.6 Å². The molecule has 0 saturated carbocycles. The van der Waals surface area contributed by atoms with Crippen LogP contribution in [-0.2, 0) is 6.42 Å². The molecule has 1 fully saturated rings. The average molecular weight is 511 g/mol. The molecule has 3 aromatic rings. The Morgan fingerprint density at radius 3 is 2.63 bits per heavy atom. The van der Waals surface area contributed by atoms with E-state index in [0.717, 1.165) is 18.4 Å². The van der Waals surface area contributed by atoms with Gasteiger partial charge < -0.3 is 10.6 Å². The fourth-order valence-electron chi connectivity index (χ4n) is 5.60. The standard InChI is InChI=1S/C27H25Cl2FN4O/c1-4-17-12-18-19(21(30)13-17)14-27(24(18)31)8-10-33(11-9-27)25-15(2)26(35)34(16(3)32-25)22-7-5-6-20(28)23(22)29/h1,5-7,12-13,24H,8-11,14,31H2,2-3H3/t24-/m1/s1. The van der Waals surface area contributed by atoms with E-state index in [-0.39, 0.29) is 22.8 Å². The number of nitrogens with two attached hydrogens (primary N) is 1. The Balaban J connectivity index is 1.43. The number of benzene rings is 2. The summed E-state index contributed by atoms with van der Waals surface area (Å²) in [6, 6.07) is 8.16. The number of hydrogen-bond acceptors (Lipinski definition) is 4. The van der Waals surface area contributed by atoms with Gasteiger partial charge in [0.05, 0.1) is 21.3 Å². The van der Waals surface area contributed by atoms with Gasteiger partial charge in [0.1, 0.15) is 17.5 Å². The monoisotopic (exact) mass is 510 g/mol. The highest BCUT2D eigenvalue weighted by atomic mass is 35.5. The van der Waals surface area contributed by atoms with E-state index in [1.165, 1.54) is 10.6 Å². The molecule has 8 heteroatoms. The Labute approximate surface area is 213 Å². The van der Waals surface area contributed by atoms with Gasteiger partial charge in [-0.25, -0.2) is 9.37 Å². The van der Waals surface area contributed by atoms with E-state index in [4.69, 9.17) is 40.3 Å². The van der Waals surface area contributed by atoms with Crippen LogP contribution in [0.3, 0.4) is 0 Å². The number of terminal acetylenes is 1. The number of nitrogens with zero attached hydrogens (tertiary/aromatic N) is 3. The molecule has 2 aliphatic rings. The maximum atomic E-state index is 14.7. The SMILES string of the molecule is C#Cc1cc(F)c2c(c1)[C@@H](N)C1(CCN(c3nc(C)n(-c4cccc(Cl)c4Cl)c(=O)c3C)CC1)C2. The van der Waals surface area contributed by atoms with Gasteiger partial charge in [0.25, 0.3) is 5.56 Å². The molecule has 1 saturated heterocycles. The van der Waals surface area contributed by atoms with Gasteiger partial charge in [0.2, 0.25) is 0 Å². The summed E-state index contributed by atoms with van der Waals surface area (Å²) in [4.78, 5) is 20.3. The van der Waals surface area contributed by atoms with Crippen molar-refractivity contribution in [1.82, 2.24) is 9.55 Å². The predicted octanol–water partition coefficient (Wildman–Crippen LogP) is 5.12. The third-order valence-electron chi connectivity index (χ3n) is 7.60. The van der Waals surface area contributed by atoms with E-state index in [0.29, 0.717) is 63.6 Å². The van der Waals surface area contributed by atoms with Crippen LogP contribution in [0.2, 0.25) is 10.0 Å². The summed E-state index contributed by atoms with van der Waals surface area (Å²) in [5.74, 6) is 3.42. The van der Waals surface area contributed by atoms with Gasteiger partial charge in [0.15, 0.2) is 0 Å². The van der Waals surface area contributed by atoms with Crippen LogP contribution >= 0.6 is 23.2 Å². The van der Waals surface area contributed by atoms with E-state index in [2.05, 4.69) is 10.8 Å². The fourth-order valence-corrected chi connectivity index (χ4v) is 5.98. The van der Waals surface area contributed by atoms with Crippen LogP contribution in [0.4, 0.5) is 10.2 Å². The molecule has 1 aromatic heterocycles. The van der Waals surface area contributed by atoms with E-state index in [9.17, 15) is 9.18 Å². The Hall–Kier alpha value is -2.85. The number of aromatic nitrogens is 2. The first-order valence-electron chi connectivity index (χ1n) is 11.5. The summed E-state index contributed by atoms with van der Waals surface area (Å²) in [5.41, 5.74) is 9.30. The molecule has 180 valence electrons. The fraction of sp³-hybridized carbons (Fsp3) is 0.333. The van der Waals surface area contributed by atoms with Crippen molar-refractivity contribution >= 4 is 29.0 Å². The van der Waals surface area contributed by atoms with Crippen molar-refractivity contribution < 1.29 is 4.39 Å². The molecule has 2 N–H and O–H groups in total. The average Bonchev–Trinajstić information content (AvgIpc) is 3.11. The highest BCUT2D eigenvalue weighted by Crippen LogP contribution is 2.52. The summed E-state index contributed by atoms with van der Waals surface area (Å²) < 4.78 is 16.2. The van der Waals surface area contributed by atoms with Crippen molar-refractivity contribution in [2.24, 2.45) is 11.1 Å². The van der Waals surface area contributed by atoms with Crippen LogP contribution in [-0.4, -0.2) is 22.6 Å². The van der Waals surface area contributed by atoms with E-state index >= 15 is 0 Å². The Kier molecular flexibility index (Phi) is 5.91. The van der Waals surface area contributed by atoms with Gasteiger partial charge in [-0.1, -0.05) is 35.2 Å². The number of aryl methyl sites for hydroxylation is 1. The van der Waals surface area contributed by atoms with Gasteiger partial charge in [-0.05, 0) is 73.9 Å². The Morgan fingerprint density at radius 1 is 1.23 bits per heavy atom. The summed E-state index contributed by atoms with van der Waals surface area (Å²) in [6.07, 6.45) is 7.61. The Morgan fingerprint density at radius 2 is 1.94 bits per heavy atom. The normalized spacial score (nSPS) is 18.5. The van der Waals surface area contributed by atoms with Crippen LogP contribution in [0.1, 0.15) is 47.0 Å². The molecule has 1 spiro atoms. The predicted molar refractivity (Wildman–Crippen MR) is 138 cm³/mol. The second-order valence-corrected chi connectivity index (χ2v) is 10.3. The molecule has 0 unspecified atom stereocenters. The number of fused-ring (bicyclic) bond motifs is 1. The Bertz CT molecular complexity index is 1450. The maximum Gasteiger partial charge on any atom is 0.263 e. The number of rotatable bonds is 2. The van der Waals surface area contributed by atoms with Crippen molar-refractivity contribution in [3.8, 4) is 18.0 Å². The van der Waals surface area contributed by atoms with Crippen molar-refractivity contribution in [1.29, 1.82) is 0 Å². The molecule has 5 rings (SSSR count). The topological polar surface area (TPSA) is 64.2 Å². The van der Waals surface area contributed by atoms with Crippen LogP contribution in [0.5, 0.6) is 0 Å². The lowest BCUT2D eigenvalue weighted by atomic mass is 9.73. The van der Waals surface area contributed by atoms with Gasteiger partial charge in [-0.15, -0.1) is 6.42 Å². The van der Waals surface area contributed by atoms with E-state index in [1.54, 1.807) is 32.0 Å². The van der Waals surface area contributed by atoms with Crippen molar-refractivity contribution in [3.63, 3.8) is 0 Å². The first-order valence-corrected chi connectivity index (χ1v) is 12.3. The third kappa shape index (κ3) is 3.74. The number of halogens is 3. The molecule has 1 atom stereocenters. The van der Waals surface area contributed by atoms with Gasteiger partial charge in [-0.2, -0.15) is 0 Å². The minimum absolute atomic E-state index is 0.189. The van der Waals surface area contributed by atoms with Crippen molar-refractivity contribution in [2.75, 3.05) is 18.0 Å². The minimum atomic E-state index is -0.281. The van der Waals surface area contributed by atoms with Gasteiger partial charge in [-0.3, -0.25) is 9.36 Å². The lowest BCUT2D eigenvalue weighted by Crippen LogP contribution is -2.45. The number of hydrogen-bond donors (Lipinski definition) is 1. The minimum Gasteiger partial charge on any atom is -0.356 e. The molecule has 5 nitrogen and oxygen atoms in total. The highest BCUT2D eigenvalue weighted by molar-refractivity contribution is 6.43. The smallest absolute Gasteiger partial charge is 0.263 e. The summed E-state index contributed by atoms with van der Waals surface area (Å²) in [6.45, 7) is 4.89. The summed E-state index contributed by atoms with van der Waals surface area (Å²) in [5, 5.41) is 0.682. The lowest BCUT2D eigenvalue weighted by molar-refractivity contribution is 0.186. The highest BCUT2D eigenvalue weighted by Gasteiger charge is 2.47. The first kappa shape index (κ1) is 23.9. The van der Waals surface area contributed by atoms with Gasteiger partial charge >= 0.3 is 0 Å². The molecular formula is C27H25Cl2FN4O. The number of piperidine rings is 1. The second kappa shape index (κ2) is 8.67. The molecular weight excluding hydrogens is 486 g/mol. The third-order valence-corrected chi connectivity index (χ3v) is 8.41. The van der Waals surface area contributed by atoms with Crippen LogP contribution in [0.25, 0.3) is 5.69 Å². The molecule has 0 amide bonds. The zero-order valence-electron chi connectivity index (χ0n) is 19.5. The second-order valence-electron chi connectivity index (χ2n) is 9.50. The molecule has 2 heterocycles. The summed E-state index contributed by atoms with van der Waals surface area (Å²) in [7, 11) is 0. The molecule has 1 aliphatic heterocycles. The zero-order chi connectivity index (χ0) is 25.1. The largest absolute Gasteiger partial charge is 0.356 e. The van der Waals surface area contributed by atoms with E-state index in [1.807, 2.05) is 6.07 Å². The quantitative estimate of drug-likeness (QED) is 0.486. The molecule has 0 radical (unpaired) electrons. The molecule has 0 bridgehead atoms. The van der Waals surface area contributed by atoms with Crippen LogP contribution in [0, 0.1) is 37.4 Å². The van der Waals surface area contributed by atoms with Crippen LogP contribution in [0.15, 0.2) is 35.1 Å². The molecule has 2 aromatic carbocycles. The zero-order valence-corrected chi connectivity index (χ0v) is 21.0. The number of anilines is 1. The molecule has 35 heavy (non-hydrogen) atoms. The summed E-state index contributed by atoms with van der Waals surface area (Å²) >= 11 is 12.6. The molecule has 1 aliphatic carbocycles. The first-order chi connectivity index (χ1) is 16.7. The van der Waals surface area contributed by atoms with Crippen LogP contribution < -0.4 is 16.2 Å². The van der Waals surface area contributed by atoms with Crippen molar-refractivity contribution in [2.45, 2.75) is 39.2 Å². The lowest BCUT2D eigenvalue weighted by Gasteiger charge is -2.43. The van der Waals surface area contributed by atoms with Gasteiger partial charge in [0, 0.05) is 24.7 Å². The van der Waals surface area contributed by atoms with E-state index < -0.39 is 0 Å².